The minimum absolute atomic E-state index is 0.848. The first-order valence-electron chi connectivity index (χ1n) is 18.2. The maximum atomic E-state index is 7.17. The largest absolute Gasteiger partial charge is 0.456 e. The van der Waals surface area contributed by atoms with Gasteiger partial charge in [0.05, 0.1) is 5.69 Å². The molecule has 0 radical (unpaired) electrons. The molecule has 3 nitrogen and oxygen atoms in total. The molecule has 0 spiro atoms. The van der Waals surface area contributed by atoms with Gasteiger partial charge in [0.2, 0.25) is 0 Å². The number of nitrogens with zero attached hydrogens (tertiary/aromatic N) is 1. The number of para-hydroxylation sites is 1. The molecule has 0 aliphatic rings. The Balaban J connectivity index is 1.20. The summed E-state index contributed by atoms with van der Waals surface area (Å²) in [5, 5.41) is 11.7. The van der Waals surface area contributed by atoms with Crippen molar-refractivity contribution in [1.82, 2.24) is 0 Å². The van der Waals surface area contributed by atoms with Gasteiger partial charge in [0.1, 0.15) is 16.7 Å². The fourth-order valence-corrected chi connectivity index (χ4v) is 9.69. The average molecular weight is 708 g/mol. The Morgan fingerprint density at radius 1 is 0.389 bits per heavy atom. The van der Waals surface area contributed by atoms with Crippen LogP contribution in [0.4, 0.5) is 17.1 Å². The maximum absolute atomic E-state index is 7.17. The lowest BCUT2D eigenvalue weighted by Gasteiger charge is -2.26. The number of hydrogen-bond donors (Lipinski definition) is 0. The Morgan fingerprint density at radius 3 is 1.93 bits per heavy atom. The Kier molecular flexibility index (Phi) is 6.21. The van der Waals surface area contributed by atoms with Gasteiger partial charge in [-0.3, -0.25) is 0 Å². The summed E-state index contributed by atoms with van der Waals surface area (Å²) in [5.74, 6) is 0. The Labute approximate surface area is 313 Å². The van der Waals surface area contributed by atoms with E-state index in [1.54, 1.807) is 0 Å². The van der Waals surface area contributed by atoms with Gasteiger partial charge >= 0.3 is 0 Å². The zero-order chi connectivity index (χ0) is 35.3. The number of furan rings is 2. The number of thiophene rings is 1. The number of hydrogen-bond acceptors (Lipinski definition) is 4. The summed E-state index contributed by atoms with van der Waals surface area (Å²) >= 11 is 1.85. The summed E-state index contributed by atoms with van der Waals surface area (Å²) in [6.45, 7) is 0. The molecule has 0 fully saturated rings. The quantitative estimate of drug-likeness (QED) is 0.182. The van der Waals surface area contributed by atoms with E-state index in [0.29, 0.717) is 0 Å². The lowest BCUT2D eigenvalue weighted by Crippen LogP contribution is -2.10. The third-order valence-corrected chi connectivity index (χ3v) is 12.2. The van der Waals surface area contributed by atoms with Gasteiger partial charge in [-0.25, -0.2) is 0 Å². The molecule has 0 N–H and O–H groups in total. The van der Waals surface area contributed by atoms with Crippen LogP contribution in [0.15, 0.2) is 185 Å². The number of rotatable bonds is 4. The molecular formula is C50H29NO2S. The van der Waals surface area contributed by atoms with Crippen molar-refractivity contribution in [2.24, 2.45) is 0 Å². The lowest BCUT2D eigenvalue weighted by atomic mass is 9.97. The minimum Gasteiger partial charge on any atom is -0.456 e. The van der Waals surface area contributed by atoms with Crippen molar-refractivity contribution < 1.29 is 8.83 Å². The van der Waals surface area contributed by atoms with Crippen LogP contribution in [0.3, 0.4) is 0 Å². The van der Waals surface area contributed by atoms with E-state index in [2.05, 4.69) is 169 Å². The molecule has 0 aliphatic carbocycles. The van der Waals surface area contributed by atoms with Crippen molar-refractivity contribution in [3.8, 4) is 11.1 Å². The highest BCUT2D eigenvalue weighted by Crippen LogP contribution is 2.49. The van der Waals surface area contributed by atoms with Crippen LogP contribution >= 0.6 is 11.3 Å². The lowest BCUT2D eigenvalue weighted by molar-refractivity contribution is 0.669. The number of anilines is 3. The molecular weight excluding hydrogens is 679 g/mol. The third-order valence-electron chi connectivity index (χ3n) is 11.0. The first-order valence-corrected chi connectivity index (χ1v) is 19.1. The molecule has 54 heavy (non-hydrogen) atoms. The summed E-state index contributed by atoms with van der Waals surface area (Å²) < 4.78 is 16.0. The van der Waals surface area contributed by atoms with Gasteiger partial charge in [-0.15, -0.1) is 11.3 Å². The molecule has 0 unspecified atom stereocenters. The van der Waals surface area contributed by atoms with E-state index in [4.69, 9.17) is 8.83 Å². The summed E-state index contributed by atoms with van der Waals surface area (Å²) in [6.07, 6.45) is 0. The predicted octanol–water partition coefficient (Wildman–Crippen LogP) is 15.3. The Bertz CT molecular complexity index is 3460. The summed E-state index contributed by atoms with van der Waals surface area (Å²) in [7, 11) is 0. The van der Waals surface area contributed by atoms with Crippen molar-refractivity contribution in [3.05, 3.63) is 176 Å². The van der Waals surface area contributed by atoms with Crippen LogP contribution < -0.4 is 4.90 Å². The van der Waals surface area contributed by atoms with Gasteiger partial charge in [0, 0.05) is 58.5 Å². The van der Waals surface area contributed by atoms with Gasteiger partial charge in [0.25, 0.3) is 0 Å². The van der Waals surface area contributed by atoms with Crippen molar-refractivity contribution in [2.75, 3.05) is 4.90 Å². The standard InChI is InChI=1S/C50H29NO2S/c1-2-10-30(11-3-1)36-23-24-42(50-48(36)39-22-18-32-13-5-7-15-37(32)49(39)53-50)51(33-20-25-44-40(28-33)38-16-8-9-17-43(38)52-44)34-21-27-45-41(29-34)47-35-14-6-4-12-31(35)19-26-46(47)54-45/h1-29H. The van der Waals surface area contributed by atoms with E-state index in [1.165, 1.54) is 30.9 Å². The van der Waals surface area contributed by atoms with Crippen molar-refractivity contribution >= 4 is 114 Å². The molecule has 0 atom stereocenters. The van der Waals surface area contributed by atoms with Crippen LogP contribution in [-0.2, 0) is 0 Å². The van der Waals surface area contributed by atoms with Crippen LogP contribution in [0.2, 0.25) is 0 Å². The van der Waals surface area contributed by atoms with E-state index in [9.17, 15) is 0 Å². The monoisotopic (exact) mass is 707 g/mol. The smallest absolute Gasteiger partial charge is 0.160 e. The van der Waals surface area contributed by atoms with Crippen molar-refractivity contribution in [1.29, 1.82) is 0 Å². The van der Waals surface area contributed by atoms with Gasteiger partial charge in [-0.05, 0) is 87.9 Å². The first-order chi connectivity index (χ1) is 26.8. The van der Waals surface area contributed by atoms with E-state index < -0.39 is 0 Å². The maximum Gasteiger partial charge on any atom is 0.160 e. The van der Waals surface area contributed by atoms with Crippen molar-refractivity contribution in [3.63, 3.8) is 0 Å². The van der Waals surface area contributed by atoms with Crippen LogP contribution in [0.1, 0.15) is 0 Å². The zero-order valence-corrected chi connectivity index (χ0v) is 29.7. The molecule has 0 amide bonds. The molecule has 0 saturated carbocycles. The normalized spacial score (nSPS) is 12.1. The highest BCUT2D eigenvalue weighted by molar-refractivity contribution is 7.26. The van der Waals surface area contributed by atoms with Gasteiger partial charge in [-0.1, -0.05) is 115 Å². The van der Waals surface area contributed by atoms with Gasteiger partial charge in [0.15, 0.2) is 5.58 Å². The molecule has 0 aliphatic heterocycles. The highest BCUT2D eigenvalue weighted by Gasteiger charge is 2.24. The fraction of sp³-hybridized carbons (Fsp3) is 0. The van der Waals surface area contributed by atoms with Gasteiger partial charge in [-0.2, -0.15) is 0 Å². The SMILES string of the molecule is c1ccc(-c2ccc(N(c3ccc4oc5ccccc5c4c3)c3ccc4sc5ccc6ccccc6c5c4c3)c3oc4c5ccccc5ccc4c23)cc1. The molecule has 12 rings (SSSR count). The molecule has 252 valence electrons. The molecule has 4 heteroatoms. The predicted molar refractivity (Wildman–Crippen MR) is 229 cm³/mol. The molecule has 0 saturated heterocycles. The fourth-order valence-electron chi connectivity index (χ4n) is 8.58. The Morgan fingerprint density at radius 2 is 1.06 bits per heavy atom. The van der Waals surface area contributed by atoms with Crippen LogP contribution in [0.5, 0.6) is 0 Å². The summed E-state index contributed by atoms with van der Waals surface area (Å²) in [4.78, 5) is 2.37. The molecule has 0 bridgehead atoms. The average Bonchev–Trinajstić information content (AvgIpc) is 3.93. The van der Waals surface area contributed by atoms with Crippen LogP contribution in [-0.4, -0.2) is 0 Å². The first kappa shape index (κ1) is 29.7. The van der Waals surface area contributed by atoms with E-state index in [0.717, 1.165) is 82.8 Å². The number of fused-ring (bicyclic) bond motifs is 13. The van der Waals surface area contributed by atoms with E-state index in [1.807, 2.05) is 23.5 Å². The minimum atomic E-state index is 0.848. The van der Waals surface area contributed by atoms with Crippen LogP contribution in [0, 0.1) is 0 Å². The number of benzene rings is 9. The highest BCUT2D eigenvalue weighted by atomic mass is 32.1. The molecule has 3 heterocycles. The summed E-state index contributed by atoms with van der Waals surface area (Å²) in [6, 6.07) is 63.0. The molecule has 12 aromatic rings. The van der Waals surface area contributed by atoms with Gasteiger partial charge < -0.3 is 13.7 Å². The Hall–Kier alpha value is -6.88. The second kappa shape index (κ2) is 11.3. The second-order valence-electron chi connectivity index (χ2n) is 14.0. The summed E-state index contributed by atoms with van der Waals surface area (Å²) in [5.41, 5.74) is 8.85. The van der Waals surface area contributed by atoms with Crippen LogP contribution in [0.25, 0.3) is 96.7 Å². The van der Waals surface area contributed by atoms with E-state index in [-0.39, 0.29) is 0 Å². The second-order valence-corrected chi connectivity index (χ2v) is 15.1. The topological polar surface area (TPSA) is 29.5 Å². The van der Waals surface area contributed by atoms with E-state index >= 15 is 0 Å². The zero-order valence-electron chi connectivity index (χ0n) is 28.9. The molecule has 9 aromatic carbocycles. The third kappa shape index (κ3) is 4.29. The van der Waals surface area contributed by atoms with Crippen molar-refractivity contribution in [2.45, 2.75) is 0 Å². The molecule has 3 aromatic heterocycles.